The number of aliphatic imine (C=N–C) groups is 1. The van der Waals surface area contributed by atoms with Crippen LogP contribution in [-0.4, -0.2) is 65.7 Å². The standard InChI is InChI=1S/C16H35N3O3/c1-4-17-16(18-10-6-8-12-21-5-2)19-11-7-9-13-22-15-14-20-3/h4-15H2,1-3H3,(H2,17,18,19). The predicted octanol–water partition coefficient (Wildman–Crippen LogP) is 1.80. The Bertz CT molecular complexity index is 251. The van der Waals surface area contributed by atoms with Crippen molar-refractivity contribution in [3.63, 3.8) is 0 Å². The van der Waals surface area contributed by atoms with Gasteiger partial charge in [-0.3, -0.25) is 4.99 Å². The lowest BCUT2D eigenvalue weighted by Crippen LogP contribution is -2.38. The highest BCUT2D eigenvalue weighted by Gasteiger charge is 1.97. The van der Waals surface area contributed by atoms with Crippen LogP contribution in [0.2, 0.25) is 0 Å². The molecule has 132 valence electrons. The molecular weight excluding hydrogens is 282 g/mol. The van der Waals surface area contributed by atoms with Crippen LogP contribution >= 0.6 is 0 Å². The number of ether oxygens (including phenoxy) is 3. The fraction of sp³-hybridized carbons (Fsp3) is 0.938. The Hall–Kier alpha value is -0.850. The normalized spacial score (nSPS) is 11.7. The molecule has 0 aliphatic carbocycles. The van der Waals surface area contributed by atoms with Gasteiger partial charge in [0.2, 0.25) is 0 Å². The van der Waals surface area contributed by atoms with Crippen molar-refractivity contribution in [3.8, 4) is 0 Å². The molecule has 2 N–H and O–H groups in total. The van der Waals surface area contributed by atoms with Crippen molar-refractivity contribution in [2.45, 2.75) is 39.5 Å². The van der Waals surface area contributed by atoms with Gasteiger partial charge in [-0.1, -0.05) is 0 Å². The van der Waals surface area contributed by atoms with Crippen LogP contribution in [0.1, 0.15) is 39.5 Å². The van der Waals surface area contributed by atoms with Gasteiger partial charge in [-0.2, -0.15) is 0 Å². The molecule has 6 heteroatoms. The minimum atomic E-state index is 0.665. The molecule has 0 heterocycles. The molecule has 0 unspecified atom stereocenters. The summed E-state index contributed by atoms with van der Waals surface area (Å²) >= 11 is 0. The molecule has 0 aliphatic rings. The molecule has 0 fully saturated rings. The van der Waals surface area contributed by atoms with Crippen molar-refractivity contribution in [2.75, 3.05) is 59.8 Å². The number of guanidine groups is 1. The van der Waals surface area contributed by atoms with E-state index in [4.69, 9.17) is 14.2 Å². The van der Waals surface area contributed by atoms with E-state index in [0.29, 0.717) is 13.2 Å². The second-order valence-electron chi connectivity index (χ2n) is 4.90. The molecule has 0 saturated carbocycles. The number of hydrogen-bond donors (Lipinski definition) is 2. The van der Waals surface area contributed by atoms with Gasteiger partial charge in [-0.15, -0.1) is 0 Å². The van der Waals surface area contributed by atoms with E-state index in [2.05, 4.69) is 22.5 Å². The first-order valence-electron chi connectivity index (χ1n) is 8.51. The summed E-state index contributed by atoms with van der Waals surface area (Å²) in [6, 6.07) is 0. The Morgan fingerprint density at radius 1 is 0.864 bits per heavy atom. The number of hydrogen-bond acceptors (Lipinski definition) is 4. The van der Waals surface area contributed by atoms with Crippen LogP contribution in [-0.2, 0) is 14.2 Å². The van der Waals surface area contributed by atoms with Crippen molar-refractivity contribution >= 4 is 5.96 Å². The molecule has 0 saturated heterocycles. The topological polar surface area (TPSA) is 64.1 Å². The van der Waals surface area contributed by atoms with Gasteiger partial charge in [-0.25, -0.2) is 0 Å². The van der Waals surface area contributed by atoms with E-state index in [9.17, 15) is 0 Å². The molecule has 0 aromatic rings. The lowest BCUT2D eigenvalue weighted by atomic mass is 10.3. The maximum Gasteiger partial charge on any atom is 0.191 e. The fourth-order valence-corrected chi connectivity index (χ4v) is 1.77. The summed E-state index contributed by atoms with van der Waals surface area (Å²) < 4.78 is 15.7. The van der Waals surface area contributed by atoms with Crippen LogP contribution in [0.5, 0.6) is 0 Å². The highest BCUT2D eigenvalue weighted by Crippen LogP contribution is 1.92. The Kier molecular flexibility index (Phi) is 17.5. The zero-order valence-corrected chi connectivity index (χ0v) is 14.7. The highest BCUT2D eigenvalue weighted by atomic mass is 16.5. The summed E-state index contributed by atoms with van der Waals surface area (Å²) in [4.78, 5) is 4.56. The Morgan fingerprint density at radius 3 is 2.36 bits per heavy atom. The third-order valence-electron chi connectivity index (χ3n) is 2.95. The summed E-state index contributed by atoms with van der Waals surface area (Å²) in [5.74, 6) is 0.902. The zero-order chi connectivity index (χ0) is 16.3. The molecule has 0 radical (unpaired) electrons. The smallest absolute Gasteiger partial charge is 0.191 e. The molecule has 0 atom stereocenters. The molecule has 0 amide bonds. The zero-order valence-electron chi connectivity index (χ0n) is 14.7. The van der Waals surface area contributed by atoms with Crippen LogP contribution in [0.4, 0.5) is 0 Å². The van der Waals surface area contributed by atoms with Crippen LogP contribution < -0.4 is 10.6 Å². The molecule has 6 nitrogen and oxygen atoms in total. The average molecular weight is 317 g/mol. The summed E-state index contributed by atoms with van der Waals surface area (Å²) in [6.45, 7) is 10.5. The van der Waals surface area contributed by atoms with Gasteiger partial charge in [-0.05, 0) is 39.5 Å². The lowest BCUT2D eigenvalue weighted by Gasteiger charge is -2.11. The minimum absolute atomic E-state index is 0.665. The van der Waals surface area contributed by atoms with Crippen LogP contribution in [0.3, 0.4) is 0 Å². The van der Waals surface area contributed by atoms with Crippen molar-refractivity contribution in [2.24, 2.45) is 4.99 Å². The number of rotatable bonds is 15. The van der Waals surface area contributed by atoms with Crippen molar-refractivity contribution in [1.29, 1.82) is 0 Å². The number of unbranched alkanes of at least 4 members (excludes halogenated alkanes) is 2. The molecule has 0 bridgehead atoms. The Balaban J connectivity index is 3.57. The summed E-state index contributed by atoms with van der Waals surface area (Å²) in [5.41, 5.74) is 0. The van der Waals surface area contributed by atoms with E-state index in [1.54, 1.807) is 7.11 Å². The quantitative estimate of drug-likeness (QED) is 0.274. The van der Waals surface area contributed by atoms with Gasteiger partial charge in [0, 0.05) is 46.6 Å². The molecule has 0 aromatic carbocycles. The van der Waals surface area contributed by atoms with E-state index in [-0.39, 0.29) is 0 Å². The van der Waals surface area contributed by atoms with Gasteiger partial charge in [0.1, 0.15) is 0 Å². The Labute approximate surface area is 136 Å². The largest absolute Gasteiger partial charge is 0.382 e. The van der Waals surface area contributed by atoms with Gasteiger partial charge < -0.3 is 24.8 Å². The molecule has 22 heavy (non-hydrogen) atoms. The summed E-state index contributed by atoms with van der Waals surface area (Å²) in [7, 11) is 1.69. The molecule has 0 rings (SSSR count). The Morgan fingerprint density at radius 2 is 1.64 bits per heavy atom. The number of methoxy groups -OCH3 is 1. The van der Waals surface area contributed by atoms with Crippen molar-refractivity contribution in [3.05, 3.63) is 0 Å². The number of nitrogens with one attached hydrogen (secondary N) is 2. The van der Waals surface area contributed by atoms with E-state index in [0.717, 1.165) is 71.1 Å². The van der Waals surface area contributed by atoms with Crippen LogP contribution in [0.25, 0.3) is 0 Å². The maximum absolute atomic E-state index is 5.43. The van der Waals surface area contributed by atoms with E-state index >= 15 is 0 Å². The van der Waals surface area contributed by atoms with Crippen molar-refractivity contribution in [1.82, 2.24) is 10.6 Å². The summed E-state index contributed by atoms with van der Waals surface area (Å²) in [6.07, 6.45) is 4.24. The van der Waals surface area contributed by atoms with Crippen LogP contribution in [0, 0.1) is 0 Å². The van der Waals surface area contributed by atoms with Crippen LogP contribution in [0.15, 0.2) is 4.99 Å². The van der Waals surface area contributed by atoms with E-state index < -0.39 is 0 Å². The lowest BCUT2D eigenvalue weighted by molar-refractivity contribution is 0.0689. The molecular formula is C16H35N3O3. The maximum atomic E-state index is 5.43. The van der Waals surface area contributed by atoms with Crippen molar-refractivity contribution < 1.29 is 14.2 Å². The van der Waals surface area contributed by atoms with E-state index in [1.807, 2.05) is 6.92 Å². The summed E-state index contributed by atoms with van der Waals surface area (Å²) in [5, 5.41) is 6.62. The SMILES string of the molecule is CCNC(=NCCCCOCC)NCCCCOCCOC. The molecule has 0 aliphatic heterocycles. The predicted molar refractivity (Wildman–Crippen MR) is 91.6 cm³/mol. The monoisotopic (exact) mass is 317 g/mol. The second-order valence-corrected chi connectivity index (χ2v) is 4.90. The first-order chi connectivity index (χ1) is 10.8. The first-order valence-corrected chi connectivity index (χ1v) is 8.51. The van der Waals surface area contributed by atoms with Gasteiger partial charge in [0.15, 0.2) is 5.96 Å². The molecule has 0 aromatic heterocycles. The first kappa shape index (κ1) is 21.1. The fourth-order valence-electron chi connectivity index (χ4n) is 1.77. The number of nitrogens with zero attached hydrogens (tertiary/aromatic N) is 1. The van der Waals surface area contributed by atoms with Gasteiger partial charge in [0.25, 0.3) is 0 Å². The second kappa shape index (κ2) is 18.2. The average Bonchev–Trinajstić information content (AvgIpc) is 2.53. The third kappa shape index (κ3) is 15.5. The molecule has 0 spiro atoms. The highest BCUT2D eigenvalue weighted by molar-refractivity contribution is 5.79. The minimum Gasteiger partial charge on any atom is -0.382 e. The van der Waals surface area contributed by atoms with E-state index in [1.165, 1.54) is 0 Å². The van der Waals surface area contributed by atoms with Gasteiger partial charge in [0.05, 0.1) is 13.2 Å². The third-order valence-corrected chi connectivity index (χ3v) is 2.95. The van der Waals surface area contributed by atoms with Gasteiger partial charge >= 0.3 is 0 Å².